The van der Waals surface area contributed by atoms with Crippen molar-refractivity contribution in [3.63, 3.8) is 0 Å². The highest BCUT2D eigenvalue weighted by Gasteiger charge is 2.23. The van der Waals surface area contributed by atoms with Crippen molar-refractivity contribution in [3.05, 3.63) is 51.7 Å². The molecule has 2 aromatic rings. The zero-order valence-corrected chi connectivity index (χ0v) is 14.3. The van der Waals surface area contributed by atoms with Gasteiger partial charge in [0.2, 0.25) is 11.7 Å². The average molecular weight is 364 g/mol. The number of nitrogens with one attached hydrogen (secondary N) is 2. The summed E-state index contributed by atoms with van der Waals surface area (Å²) in [5, 5.41) is 23.1. The molecule has 1 aromatic heterocycles. The molecule has 0 radical (unpaired) electrons. The van der Waals surface area contributed by atoms with Crippen molar-refractivity contribution >= 4 is 11.9 Å². The Morgan fingerprint density at radius 2 is 2.04 bits per heavy atom. The van der Waals surface area contributed by atoms with E-state index in [0.717, 1.165) is 6.42 Å². The number of carbonyl (C=O) groups excluding carboxylic acids is 1. The minimum atomic E-state index is -0.677. The molecule has 9 heteroatoms. The van der Waals surface area contributed by atoms with Gasteiger partial charge in [0, 0.05) is 26.2 Å². The minimum Gasteiger partial charge on any atom is -0.501 e. The fourth-order valence-corrected chi connectivity index (χ4v) is 2.19. The molecule has 0 atom stereocenters. The van der Waals surface area contributed by atoms with Crippen molar-refractivity contribution in [2.24, 2.45) is 0 Å². The van der Waals surface area contributed by atoms with Crippen molar-refractivity contribution in [1.82, 2.24) is 14.9 Å². The molecule has 4 N–H and O–H groups in total. The second kappa shape index (κ2) is 8.95. The third kappa shape index (κ3) is 4.57. The molecule has 1 aromatic carbocycles. The normalized spacial score (nSPS) is 11.8. The number of hydrogen-bond donors (Lipinski definition) is 4. The third-order valence-corrected chi connectivity index (χ3v) is 3.57. The lowest BCUT2D eigenvalue weighted by molar-refractivity contribution is 0.0942. The van der Waals surface area contributed by atoms with Crippen LogP contribution in [0.5, 0.6) is 5.75 Å². The van der Waals surface area contributed by atoms with Crippen LogP contribution in [0.1, 0.15) is 29.4 Å². The van der Waals surface area contributed by atoms with Gasteiger partial charge in [-0.15, -0.1) is 0 Å². The second-order valence-corrected chi connectivity index (χ2v) is 5.55. The fourth-order valence-electron chi connectivity index (χ4n) is 2.19. The first-order chi connectivity index (χ1) is 12.5. The van der Waals surface area contributed by atoms with E-state index in [4.69, 9.17) is 5.11 Å². The standard InChI is InChI=1S/C14H13FN4O3.C3H8O/c15-9-3-1-8(2-4-9)7-17-12(21)10-11(20)13(22)19-6-5-16-14(19)18-10;1-2-3-4/h1-4,20H,5-7H2,(H,16,18)(H,17,21);4H,2-3H2,1H3. The molecule has 0 saturated heterocycles. The molecule has 1 aliphatic heterocycles. The number of anilines is 1. The monoisotopic (exact) mass is 364 g/mol. The summed E-state index contributed by atoms with van der Waals surface area (Å²) in [6.45, 7) is 3.29. The van der Waals surface area contributed by atoms with Crippen LogP contribution in [0.2, 0.25) is 0 Å². The first-order valence-corrected chi connectivity index (χ1v) is 8.19. The van der Waals surface area contributed by atoms with Crippen LogP contribution >= 0.6 is 0 Å². The van der Waals surface area contributed by atoms with Gasteiger partial charge in [0.1, 0.15) is 5.82 Å². The lowest BCUT2D eigenvalue weighted by atomic mass is 10.2. The summed E-state index contributed by atoms with van der Waals surface area (Å²) in [4.78, 5) is 28.0. The van der Waals surface area contributed by atoms with Gasteiger partial charge in [0.15, 0.2) is 5.69 Å². The molecule has 0 spiro atoms. The molecule has 0 saturated carbocycles. The largest absolute Gasteiger partial charge is 0.501 e. The lowest BCUT2D eigenvalue weighted by Gasteiger charge is -2.08. The van der Waals surface area contributed by atoms with Crippen molar-refractivity contribution in [2.45, 2.75) is 26.4 Å². The van der Waals surface area contributed by atoms with Crippen LogP contribution in [0.4, 0.5) is 10.3 Å². The van der Waals surface area contributed by atoms with Crippen molar-refractivity contribution in [2.75, 3.05) is 18.5 Å². The number of rotatable bonds is 4. The molecular formula is C17H21FN4O4. The van der Waals surface area contributed by atoms with Gasteiger partial charge in [0.05, 0.1) is 0 Å². The van der Waals surface area contributed by atoms with E-state index < -0.39 is 17.2 Å². The number of nitrogens with zero attached hydrogens (tertiary/aromatic N) is 2. The van der Waals surface area contributed by atoms with Crippen LogP contribution in [0.25, 0.3) is 0 Å². The zero-order valence-electron chi connectivity index (χ0n) is 14.3. The van der Waals surface area contributed by atoms with E-state index in [-0.39, 0.29) is 24.0 Å². The number of fused-ring (bicyclic) bond motifs is 1. The molecule has 0 fully saturated rings. The van der Waals surface area contributed by atoms with E-state index in [1.54, 1.807) is 0 Å². The van der Waals surface area contributed by atoms with Gasteiger partial charge in [-0.3, -0.25) is 14.2 Å². The summed E-state index contributed by atoms with van der Waals surface area (Å²) in [6.07, 6.45) is 0.875. The predicted octanol–water partition coefficient (Wildman–Crippen LogP) is 0.832. The molecule has 140 valence electrons. The van der Waals surface area contributed by atoms with Crippen LogP contribution < -0.4 is 16.2 Å². The molecule has 0 bridgehead atoms. The van der Waals surface area contributed by atoms with E-state index in [2.05, 4.69) is 15.6 Å². The Kier molecular flexibility index (Phi) is 6.67. The topological polar surface area (TPSA) is 116 Å². The molecule has 1 aliphatic rings. The number of halogens is 1. The number of benzene rings is 1. The molecule has 26 heavy (non-hydrogen) atoms. The molecular weight excluding hydrogens is 343 g/mol. The number of aliphatic hydroxyl groups is 1. The van der Waals surface area contributed by atoms with E-state index in [1.165, 1.54) is 28.8 Å². The van der Waals surface area contributed by atoms with Crippen LogP contribution in [-0.4, -0.2) is 38.8 Å². The maximum absolute atomic E-state index is 12.8. The SMILES string of the molecule is CCCO.O=C(NCc1ccc(F)cc1)c1nc2n(c(=O)c1O)CCN2. The van der Waals surface area contributed by atoms with Gasteiger partial charge in [-0.2, -0.15) is 0 Å². The van der Waals surface area contributed by atoms with E-state index >= 15 is 0 Å². The van der Waals surface area contributed by atoms with Gasteiger partial charge in [-0.05, 0) is 24.1 Å². The minimum absolute atomic E-state index is 0.131. The Hall–Kier alpha value is -2.94. The summed E-state index contributed by atoms with van der Waals surface area (Å²) in [7, 11) is 0. The number of aromatic hydroxyl groups is 1. The molecule has 2 heterocycles. The average Bonchev–Trinajstić information content (AvgIpc) is 3.13. The van der Waals surface area contributed by atoms with Crippen LogP contribution in [-0.2, 0) is 13.1 Å². The quantitative estimate of drug-likeness (QED) is 0.639. The van der Waals surface area contributed by atoms with Gasteiger partial charge < -0.3 is 20.8 Å². The lowest BCUT2D eigenvalue weighted by Crippen LogP contribution is -2.28. The van der Waals surface area contributed by atoms with Crippen molar-refractivity contribution in [1.29, 1.82) is 0 Å². The highest BCUT2D eigenvalue weighted by atomic mass is 19.1. The first-order valence-electron chi connectivity index (χ1n) is 8.19. The maximum atomic E-state index is 12.8. The maximum Gasteiger partial charge on any atom is 0.298 e. The Balaban J connectivity index is 0.000000552. The number of carbonyl (C=O) groups is 1. The molecule has 1 amide bonds. The third-order valence-electron chi connectivity index (χ3n) is 3.57. The second-order valence-electron chi connectivity index (χ2n) is 5.55. The highest BCUT2D eigenvalue weighted by molar-refractivity contribution is 5.95. The first kappa shape index (κ1) is 19.4. The summed E-state index contributed by atoms with van der Waals surface area (Å²) < 4.78 is 14.1. The molecule has 0 unspecified atom stereocenters. The number of aliphatic hydroxyl groups excluding tert-OH is 1. The van der Waals surface area contributed by atoms with Gasteiger partial charge in [-0.1, -0.05) is 19.1 Å². The Labute approximate surface area is 149 Å². The van der Waals surface area contributed by atoms with Crippen LogP contribution in [0.15, 0.2) is 29.1 Å². The summed E-state index contributed by atoms with van der Waals surface area (Å²) in [6, 6.07) is 5.62. The molecule has 8 nitrogen and oxygen atoms in total. The Bertz CT molecular complexity index is 819. The predicted molar refractivity (Wildman–Crippen MR) is 93.6 cm³/mol. The van der Waals surface area contributed by atoms with Crippen LogP contribution in [0.3, 0.4) is 0 Å². The van der Waals surface area contributed by atoms with E-state index in [0.29, 0.717) is 25.3 Å². The highest BCUT2D eigenvalue weighted by Crippen LogP contribution is 2.15. The zero-order chi connectivity index (χ0) is 19.1. The van der Waals surface area contributed by atoms with Crippen molar-refractivity contribution < 1.29 is 19.4 Å². The van der Waals surface area contributed by atoms with E-state index in [1.807, 2.05) is 6.92 Å². The molecule has 3 rings (SSSR count). The fraction of sp³-hybridized carbons (Fsp3) is 0.353. The number of aromatic nitrogens is 2. The summed E-state index contributed by atoms with van der Waals surface area (Å²) in [5.74, 6) is -1.46. The smallest absolute Gasteiger partial charge is 0.298 e. The van der Waals surface area contributed by atoms with Gasteiger partial charge in [-0.25, -0.2) is 9.37 Å². The van der Waals surface area contributed by atoms with Crippen LogP contribution in [0, 0.1) is 5.82 Å². The number of hydrogen-bond acceptors (Lipinski definition) is 6. The Morgan fingerprint density at radius 3 is 2.65 bits per heavy atom. The van der Waals surface area contributed by atoms with Gasteiger partial charge in [0.25, 0.3) is 11.5 Å². The van der Waals surface area contributed by atoms with E-state index in [9.17, 15) is 19.1 Å². The summed E-state index contributed by atoms with van der Waals surface area (Å²) in [5.41, 5.74) is -0.292. The summed E-state index contributed by atoms with van der Waals surface area (Å²) >= 11 is 0. The van der Waals surface area contributed by atoms with Gasteiger partial charge >= 0.3 is 0 Å². The van der Waals surface area contributed by atoms with Crippen molar-refractivity contribution in [3.8, 4) is 5.75 Å². The molecule has 0 aliphatic carbocycles. The Morgan fingerprint density at radius 1 is 1.38 bits per heavy atom. The number of amides is 1.